The molecule has 0 radical (unpaired) electrons. The molecule has 8 nitrogen and oxygen atoms in total. The molecule has 0 aromatic carbocycles. The van der Waals surface area contributed by atoms with E-state index in [1.165, 1.54) is 12.5 Å². The molecule has 20 heavy (non-hydrogen) atoms. The third-order valence-corrected chi connectivity index (χ3v) is 2.59. The van der Waals surface area contributed by atoms with Crippen molar-refractivity contribution < 1.29 is 14.4 Å². The fourth-order valence-electron chi connectivity index (χ4n) is 1.58. The molecule has 0 atom stereocenters. The van der Waals surface area contributed by atoms with E-state index in [4.69, 9.17) is 4.52 Å². The molecule has 0 bridgehead atoms. The Hall–Kier alpha value is -2.51. The summed E-state index contributed by atoms with van der Waals surface area (Å²) in [5.41, 5.74) is 0.343. The topological polar surface area (TPSA) is 114 Å². The van der Waals surface area contributed by atoms with Crippen LogP contribution in [0.2, 0.25) is 0 Å². The van der Waals surface area contributed by atoms with Crippen molar-refractivity contribution in [3.05, 3.63) is 29.9 Å². The lowest BCUT2D eigenvalue weighted by Crippen LogP contribution is -2.14. The Balaban J connectivity index is 2.08. The summed E-state index contributed by atoms with van der Waals surface area (Å²) in [6.45, 7) is 4.26. The molecule has 0 amide bonds. The highest BCUT2D eigenvalue weighted by Gasteiger charge is 2.15. The second-order valence-electron chi connectivity index (χ2n) is 4.46. The molecule has 2 aromatic rings. The van der Waals surface area contributed by atoms with Gasteiger partial charge >= 0.3 is 5.97 Å². The number of hydrogen-bond acceptors (Lipinski definition) is 7. The van der Waals surface area contributed by atoms with Gasteiger partial charge in [0.1, 0.15) is 5.82 Å². The molecular formula is C12H15N5O3. The maximum Gasteiger partial charge on any atom is 0.356 e. The first-order valence-corrected chi connectivity index (χ1v) is 6.17. The van der Waals surface area contributed by atoms with E-state index in [-0.39, 0.29) is 11.6 Å². The van der Waals surface area contributed by atoms with Crippen molar-refractivity contribution in [2.24, 2.45) is 0 Å². The standard InChI is InChI=1S/C12H15N5O3/c1-7(2)11-14-5-8(10(17-11)12(18)19)13-4-3-9-15-6-16-20-9/h5-7,13H,3-4H2,1-2H3,(H,18,19). The van der Waals surface area contributed by atoms with E-state index < -0.39 is 5.97 Å². The molecule has 2 rings (SSSR count). The van der Waals surface area contributed by atoms with Crippen LogP contribution in [-0.4, -0.2) is 37.7 Å². The first-order chi connectivity index (χ1) is 9.58. The van der Waals surface area contributed by atoms with E-state index in [1.54, 1.807) is 0 Å². The Kier molecular flexibility index (Phi) is 4.24. The summed E-state index contributed by atoms with van der Waals surface area (Å²) >= 11 is 0. The van der Waals surface area contributed by atoms with E-state index >= 15 is 0 Å². The van der Waals surface area contributed by atoms with Crippen molar-refractivity contribution in [2.75, 3.05) is 11.9 Å². The van der Waals surface area contributed by atoms with Crippen molar-refractivity contribution in [2.45, 2.75) is 26.2 Å². The van der Waals surface area contributed by atoms with Crippen LogP contribution in [0.4, 0.5) is 5.69 Å². The molecule has 0 saturated heterocycles. The van der Waals surface area contributed by atoms with Crippen LogP contribution in [0.25, 0.3) is 0 Å². The molecule has 0 saturated carbocycles. The average molecular weight is 277 g/mol. The fourth-order valence-corrected chi connectivity index (χ4v) is 1.58. The van der Waals surface area contributed by atoms with Gasteiger partial charge in [0.2, 0.25) is 5.89 Å². The predicted octanol–water partition coefficient (Wildman–Crippen LogP) is 1.34. The summed E-state index contributed by atoms with van der Waals surface area (Å²) in [6.07, 6.45) is 3.29. The summed E-state index contributed by atoms with van der Waals surface area (Å²) in [4.78, 5) is 23.3. The molecule has 0 fully saturated rings. The highest BCUT2D eigenvalue weighted by atomic mass is 16.5. The molecule has 0 aliphatic rings. The maximum atomic E-state index is 11.2. The predicted molar refractivity (Wildman–Crippen MR) is 69.6 cm³/mol. The number of carbonyl (C=O) groups is 1. The third-order valence-electron chi connectivity index (χ3n) is 2.59. The number of rotatable bonds is 6. The molecule has 106 valence electrons. The molecule has 0 aliphatic heterocycles. The minimum Gasteiger partial charge on any atom is -0.476 e. The maximum absolute atomic E-state index is 11.2. The van der Waals surface area contributed by atoms with Crippen molar-refractivity contribution in [3.8, 4) is 0 Å². The molecule has 2 aromatic heterocycles. The van der Waals surface area contributed by atoms with Crippen LogP contribution in [0.1, 0.15) is 42.0 Å². The number of aromatic nitrogens is 4. The number of nitrogens with zero attached hydrogens (tertiary/aromatic N) is 4. The van der Waals surface area contributed by atoms with Gasteiger partial charge in [0.15, 0.2) is 12.0 Å². The summed E-state index contributed by atoms with van der Waals surface area (Å²) in [7, 11) is 0. The molecular weight excluding hydrogens is 262 g/mol. The number of hydrogen-bond donors (Lipinski definition) is 2. The SMILES string of the molecule is CC(C)c1ncc(NCCc2ncno2)c(C(=O)O)n1. The van der Waals surface area contributed by atoms with E-state index in [9.17, 15) is 9.90 Å². The minimum absolute atomic E-state index is 0.0331. The highest BCUT2D eigenvalue weighted by Crippen LogP contribution is 2.16. The lowest BCUT2D eigenvalue weighted by molar-refractivity contribution is 0.0691. The molecule has 2 N–H and O–H groups in total. The second-order valence-corrected chi connectivity index (χ2v) is 4.46. The van der Waals surface area contributed by atoms with Gasteiger partial charge in [-0.15, -0.1) is 0 Å². The van der Waals surface area contributed by atoms with Gasteiger partial charge < -0.3 is 14.9 Å². The number of carboxylic acid groups (broad SMARTS) is 1. The fraction of sp³-hybridized carbons (Fsp3) is 0.417. The van der Waals surface area contributed by atoms with E-state index in [1.807, 2.05) is 13.8 Å². The van der Waals surface area contributed by atoms with Crippen LogP contribution in [0, 0.1) is 0 Å². The van der Waals surface area contributed by atoms with Gasteiger partial charge in [0, 0.05) is 18.9 Å². The zero-order chi connectivity index (χ0) is 14.5. The zero-order valence-electron chi connectivity index (χ0n) is 11.2. The van der Waals surface area contributed by atoms with Gasteiger partial charge in [0.25, 0.3) is 0 Å². The summed E-state index contributed by atoms with van der Waals surface area (Å²) in [6, 6.07) is 0. The van der Waals surface area contributed by atoms with Crippen LogP contribution in [-0.2, 0) is 6.42 Å². The summed E-state index contributed by atoms with van der Waals surface area (Å²) in [5.74, 6) is -0.0333. The first-order valence-electron chi connectivity index (χ1n) is 6.17. The summed E-state index contributed by atoms with van der Waals surface area (Å²) < 4.78 is 4.85. The molecule has 0 spiro atoms. The molecule has 8 heteroatoms. The monoisotopic (exact) mass is 277 g/mol. The van der Waals surface area contributed by atoms with E-state index in [0.717, 1.165) is 0 Å². The van der Waals surface area contributed by atoms with E-state index in [2.05, 4.69) is 25.4 Å². The normalized spacial score (nSPS) is 10.8. The van der Waals surface area contributed by atoms with Gasteiger partial charge in [-0.3, -0.25) is 0 Å². The van der Waals surface area contributed by atoms with Crippen LogP contribution in [0.5, 0.6) is 0 Å². The van der Waals surface area contributed by atoms with Gasteiger partial charge in [-0.1, -0.05) is 19.0 Å². The third kappa shape index (κ3) is 3.28. The van der Waals surface area contributed by atoms with Crippen molar-refractivity contribution in [3.63, 3.8) is 0 Å². The lowest BCUT2D eigenvalue weighted by Gasteiger charge is -2.10. The van der Waals surface area contributed by atoms with Crippen LogP contribution < -0.4 is 5.32 Å². The van der Waals surface area contributed by atoms with Crippen LogP contribution >= 0.6 is 0 Å². The Morgan fingerprint density at radius 1 is 1.45 bits per heavy atom. The number of carboxylic acids is 1. The first kappa shape index (κ1) is 13.9. The Bertz CT molecular complexity index is 583. The largest absolute Gasteiger partial charge is 0.476 e. The smallest absolute Gasteiger partial charge is 0.356 e. The zero-order valence-corrected chi connectivity index (χ0v) is 11.2. The van der Waals surface area contributed by atoms with Gasteiger partial charge in [-0.2, -0.15) is 4.98 Å². The van der Waals surface area contributed by atoms with Gasteiger partial charge in [-0.25, -0.2) is 14.8 Å². The van der Waals surface area contributed by atoms with E-state index in [0.29, 0.717) is 30.4 Å². The van der Waals surface area contributed by atoms with Crippen molar-refractivity contribution >= 4 is 11.7 Å². The van der Waals surface area contributed by atoms with Gasteiger partial charge in [0.05, 0.1) is 11.9 Å². The second kappa shape index (κ2) is 6.09. The van der Waals surface area contributed by atoms with Crippen molar-refractivity contribution in [1.29, 1.82) is 0 Å². The molecule has 0 unspecified atom stereocenters. The average Bonchev–Trinajstić information content (AvgIpc) is 2.91. The lowest BCUT2D eigenvalue weighted by atomic mass is 10.2. The number of aromatic carboxylic acids is 1. The number of anilines is 1. The van der Waals surface area contributed by atoms with Crippen LogP contribution in [0.3, 0.4) is 0 Å². The quantitative estimate of drug-likeness (QED) is 0.812. The Morgan fingerprint density at radius 2 is 2.25 bits per heavy atom. The van der Waals surface area contributed by atoms with Crippen molar-refractivity contribution in [1.82, 2.24) is 20.1 Å². The molecule has 2 heterocycles. The summed E-state index contributed by atoms with van der Waals surface area (Å²) in [5, 5.41) is 15.6. The molecule has 0 aliphatic carbocycles. The minimum atomic E-state index is -1.09. The highest BCUT2D eigenvalue weighted by molar-refractivity contribution is 5.91. The number of nitrogens with one attached hydrogen (secondary N) is 1. The Labute approximate surface area is 115 Å². The van der Waals surface area contributed by atoms with Crippen LogP contribution in [0.15, 0.2) is 17.0 Å². The van der Waals surface area contributed by atoms with Gasteiger partial charge in [-0.05, 0) is 0 Å². The Morgan fingerprint density at radius 3 is 2.85 bits per heavy atom.